The second kappa shape index (κ2) is 7.94. The number of likely N-dealkylation sites (tertiary alicyclic amines) is 2. The average molecular weight is 366 g/mol. The zero-order valence-electron chi connectivity index (χ0n) is 15.4. The lowest BCUT2D eigenvalue weighted by molar-refractivity contribution is -0.147. The molecule has 1 aliphatic carbocycles. The van der Waals surface area contributed by atoms with Crippen molar-refractivity contribution in [3.63, 3.8) is 0 Å². The number of nitrogens with zero attached hydrogens (tertiary/aromatic N) is 2. The molecule has 26 heavy (non-hydrogen) atoms. The normalized spacial score (nSPS) is 27.4. The van der Waals surface area contributed by atoms with E-state index in [-0.39, 0.29) is 18.4 Å². The molecule has 0 aromatic heterocycles. The first-order valence-electron chi connectivity index (χ1n) is 9.87. The average Bonchev–Trinajstić information content (AvgIpc) is 2.78. The molecular formula is C19H30N2O5. The highest BCUT2D eigenvalue weighted by Crippen LogP contribution is 2.45. The Labute approximate surface area is 154 Å². The van der Waals surface area contributed by atoms with Gasteiger partial charge in [0.2, 0.25) is 5.91 Å². The highest BCUT2D eigenvalue weighted by molar-refractivity contribution is 5.81. The third kappa shape index (κ3) is 4.03. The Morgan fingerprint density at radius 2 is 1.58 bits per heavy atom. The van der Waals surface area contributed by atoms with E-state index in [0.29, 0.717) is 39.0 Å². The zero-order valence-corrected chi connectivity index (χ0v) is 15.4. The van der Waals surface area contributed by atoms with Crippen LogP contribution in [0.25, 0.3) is 0 Å². The fourth-order valence-corrected chi connectivity index (χ4v) is 5.12. The van der Waals surface area contributed by atoms with Crippen molar-refractivity contribution < 1.29 is 24.6 Å². The summed E-state index contributed by atoms with van der Waals surface area (Å²) in [7, 11) is 0. The summed E-state index contributed by atoms with van der Waals surface area (Å²) in [6.07, 6.45) is 7.68. The van der Waals surface area contributed by atoms with Crippen LogP contribution in [0.2, 0.25) is 0 Å². The van der Waals surface area contributed by atoms with Gasteiger partial charge in [-0.25, -0.2) is 0 Å². The van der Waals surface area contributed by atoms with Crippen molar-refractivity contribution in [3.8, 4) is 0 Å². The molecule has 1 saturated carbocycles. The molecule has 3 fully saturated rings. The van der Waals surface area contributed by atoms with Crippen molar-refractivity contribution >= 4 is 17.8 Å². The molecule has 3 aliphatic rings. The van der Waals surface area contributed by atoms with E-state index >= 15 is 0 Å². The predicted octanol–water partition coefficient (Wildman–Crippen LogP) is 1.67. The van der Waals surface area contributed by atoms with E-state index in [2.05, 4.69) is 0 Å². The van der Waals surface area contributed by atoms with E-state index in [0.717, 1.165) is 25.7 Å². The van der Waals surface area contributed by atoms with Crippen LogP contribution in [0, 0.1) is 17.3 Å². The van der Waals surface area contributed by atoms with Crippen molar-refractivity contribution in [3.05, 3.63) is 0 Å². The Bertz CT molecular complexity index is 548. The Kier molecular flexibility index (Phi) is 5.85. The molecule has 1 amide bonds. The summed E-state index contributed by atoms with van der Waals surface area (Å²) in [6, 6.07) is 0. The topological polar surface area (TPSA) is 98.2 Å². The quantitative estimate of drug-likeness (QED) is 0.735. The lowest BCUT2D eigenvalue weighted by Gasteiger charge is -2.40. The van der Waals surface area contributed by atoms with Gasteiger partial charge in [0.05, 0.1) is 12.5 Å². The van der Waals surface area contributed by atoms with Gasteiger partial charge in [-0.1, -0.05) is 25.7 Å². The van der Waals surface area contributed by atoms with Crippen LogP contribution in [0.4, 0.5) is 0 Å². The number of rotatable bonds is 4. The number of carbonyl (C=O) groups is 3. The van der Waals surface area contributed by atoms with Gasteiger partial charge in [-0.05, 0) is 38.8 Å². The molecule has 0 radical (unpaired) electrons. The number of hydrogen-bond acceptors (Lipinski definition) is 4. The van der Waals surface area contributed by atoms with Crippen molar-refractivity contribution in [2.45, 2.75) is 51.4 Å². The monoisotopic (exact) mass is 366 g/mol. The summed E-state index contributed by atoms with van der Waals surface area (Å²) in [6.45, 7) is 1.99. The number of amides is 1. The van der Waals surface area contributed by atoms with Crippen LogP contribution in [0.3, 0.4) is 0 Å². The van der Waals surface area contributed by atoms with Gasteiger partial charge in [-0.15, -0.1) is 0 Å². The van der Waals surface area contributed by atoms with Gasteiger partial charge >= 0.3 is 11.9 Å². The second-order valence-electron chi connectivity index (χ2n) is 8.33. The maximum Gasteiger partial charge on any atom is 0.317 e. The van der Waals surface area contributed by atoms with E-state index < -0.39 is 23.3 Å². The van der Waals surface area contributed by atoms with Gasteiger partial charge in [-0.2, -0.15) is 0 Å². The predicted molar refractivity (Wildman–Crippen MR) is 94.6 cm³/mol. The Hall–Kier alpha value is -1.63. The molecular weight excluding hydrogens is 336 g/mol. The molecule has 1 spiro atoms. The standard InChI is InChI=1S/C19H30N2O5/c22-16(23)12-20-9-7-19(8-10-20)13-21(11-15(19)18(25)26)17(24)14-5-3-1-2-4-6-14/h14-15H,1-13H2,(H,22,23)(H,25,26). The maximum absolute atomic E-state index is 13.0. The molecule has 2 aliphatic heterocycles. The fourth-order valence-electron chi connectivity index (χ4n) is 5.12. The van der Waals surface area contributed by atoms with Crippen LogP contribution < -0.4 is 0 Å². The van der Waals surface area contributed by atoms with Crippen LogP contribution in [-0.2, 0) is 14.4 Å². The number of aliphatic carboxylic acids is 2. The van der Waals surface area contributed by atoms with Gasteiger partial charge in [0, 0.05) is 24.4 Å². The number of hydrogen-bond donors (Lipinski definition) is 2. The molecule has 2 saturated heterocycles. The van der Waals surface area contributed by atoms with E-state index in [1.165, 1.54) is 12.8 Å². The molecule has 0 bridgehead atoms. The number of carbonyl (C=O) groups excluding carboxylic acids is 1. The number of piperidine rings is 1. The Morgan fingerprint density at radius 3 is 2.12 bits per heavy atom. The summed E-state index contributed by atoms with van der Waals surface area (Å²) in [5.41, 5.74) is -0.402. The molecule has 0 aromatic carbocycles. The van der Waals surface area contributed by atoms with E-state index in [1.54, 1.807) is 0 Å². The van der Waals surface area contributed by atoms with Crippen molar-refractivity contribution in [1.29, 1.82) is 0 Å². The van der Waals surface area contributed by atoms with Crippen LogP contribution in [0.15, 0.2) is 0 Å². The van der Waals surface area contributed by atoms with Crippen molar-refractivity contribution in [1.82, 2.24) is 9.80 Å². The van der Waals surface area contributed by atoms with Crippen molar-refractivity contribution in [2.24, 2.45) is 17.3 Å². The second-order valence-corrected chi connectivity index (χ2v) is 8.33. The molecule has 3 rings (SSSR count). The van der Waals surface area contributed by atoms with Crippen LogP contribution in [0.1, 0.15) is 51.4 Å². The summed E-state index contributed by atoms with van der Waals surface area (Å²) in [5, 5.41) is 18.7. The SMILES string of the molecule is O=C(O)CN1CCC2(CC1)CN(C(=O)C1CCCCCC1)CC2C(=O)O. The van der Waals surface area contributed by atoms with E-state index in [9.17, 15) is 19.5 Å². The largest absolute Gasteiger partial charge is 0.481 e. The van der Waals surface area contributed by atoms with Gasteiger partial charge in [-0.3, -0.25) is 19.3 Å². The van der Waals surface area contributed by atoms with Gasteiger partial charge in [0.25, 0.3) is 0 Å². The minimum absolute atomic E-state index is 0.00145. The summed E-state index contributed by atoms with van der Waals surface area (Å²) in [4.78, 5) is 39.5. The smallest absolute Gasteiger partial charge is 0.317 e. The zero-order chi connectivity index (χ0) is 18.7. The van der Waals surface area contributed by atoms with Crippen LogP contribution in [0.5, 0.6) is 0 Å². The van der Waals surface area contributed by atoms with Crippen LogP contribution >= 0.6 is 0 Å². The molecule has 2 N–H and O–H groups in total. The molecule has 7 heteroatoms. The Morgan fingerprint density at radius 1 is 0.962 bits per heavy atom. The first-order chi connectivity index (χ1) is 12.4. The summed E-state index contributed by atoms with van der Waals surface area (Å²) in [5.74, 6) is -2.03. The highest BCUT2D eigenvalue weighted by atomic mass is 16.4. The first kappa shape index (κ1) is 19.1. The third-order valence-electron chi connectivity index (χ3n) is 6.67. The van der Waals surface area contributed by atoms with Gasteiger partial charge < -0.3 is 15.1 Å². The Balaban J connectivity index is 1.67. The molecule has 0 aromatic rings. The maximum atomic E-state index is 13.0. The third-order valence-corrected chi connectivity index (χ3v) is 6.67. The number of carboxylic acid groups (broad SMARTS) is 2. The fraction of sp³-hybridized carbons (Fsp3) is 0.842. The van der Waals surface area contributed by atoms with Crippen molar-refractivity contribution in [2.75, 3.05) is 32.7 Å². The number of carboxylic acids is 2. The lowest BCUT2D eigenvalue weighted by atomic mass is 9.71. The van der Waals surface area contributed by atoms with E-state index in [1.807, 2.05) is 9.80 Å². The molecule has 2 heterocycles. The van der Waals surface area contributed by atoms with E-state index in [4.69, 9.17) is 5.11 Å². The molecule has 7 nitrogen and oxygen atoms in total. The summed E-state index contributed by atoms with van der Waals surface area (Å²) >= 11 is 0. The first-order valence-corrected chi connectivity index (χ1v) is 9.87. The van der Waals surface area contributed by atoms with Gasteiger partial charge in [0.1, 0.15) is 0 Å². The minimum Gasteiger partial charge on any atom is -0.481 e. The lowest BCUT2D eigenvalue weighted by Crippen LogP contribution is -2.47. The molecule has 1 atom stereocenters. The molecule has 146 valence electrons. The minimum atomic E-state index is -0.854. The molecule has 1 unspecified atom stereocenters. The highest BCUT2D eigenvalue weighted by Gasteiger charge is 2.53. The van der Waals surface area contributed by atoms with Gasteiger partial charge in [0.15, 0.2) is 0 Å². The summed E-state index contributed by atoms with van der Waals surface area (Å²) < 4.78 is 0. The van der Waals surface area contributed by atoms with Crippen LogP contribution in [-0.4, -0.2) is 70.6 Å².